The first-order chi connectivity index (χ1) is 11.7. The predicted molar refractivity (Wildman–Crippen MR) is 103 cm³/mol. The Hall–Kier alpha value is -2.39. The van der Waals surface area contributed by atoms with Crippen molar-refractivity contribution < 1.29 is 4.39 Å². The summed E-state index contributed by atoms with van der Waals surface area (Å²) in [4.78, 5) is 2.22. The second-order valence-corrected chi connectivity index (χ2v) is 6.93. The molecule has 0 aliphatic rings. The van der Waals surface area contributed by atoms with Gasteiger partial charge in [-0.25, -0.2) is 4.39 Å². The molecule has 0 radical (unpaired) electrons. The summed E-state index contributed by atoms with van der Waals surface area (Å²) in [6.45, 7) is 2.17. The van der Waals surface area contributed by atoms with Gasteiger partial charge in [-0.3, -0.25) is 0 Å². The van der Waals surface area contributed by atoms with Gasteiger partial charge in [0.05, 0.1) is 15.1 Å². The SMILES string of the molecule is CCc1ccccc1N(C)c1cccc2c1sc1c(F)cccc12. The molecule has 3 heteroatoms. The first-order valence-corrected chi connectivity index (χ1v) is 8.93. The molecule has 1 nitrogen and oxygen atoms in total. The van der Waals surface area contributed by atoms with E-state index in [1.165, 1.54) is 28.7 Å². The molecule has 0 atom stereocenters. The lowest BCUT2D eigenvalue weighted by atomic mass is 10.1. The first-order valence-electron chi connectivity index (χ1n) is 8.12. The summed E-state index contributed by atoms with van der Waals surface area (Å²) >= 11 is 1.53. The van der Waals surface area contributed by atoms with E-state index in [-0.39, 0.29) is 5.82 Å². The summed E-state index contributed by atoms with van der Waals surface area (Å²) in [5, 5.41) is 2.11. The van der Waals surface area contributed by atoms with Crippen molar-refractivity contribution in [3.8, 4) is 0 Å². The van der Waals surface area contributed by atoms with Crippen molar-refractivity contribution in [3.05, 3.63) is 72.0 Å². The van der Waals surface area contributed by atoms with Crippen LogP contribution in [0.2, 0.25) is 0 Å². The Labute approximate surface area is 145 Å². The molecule has 0 aliphatic carbocycles. The van der Waals surface area contributed by atoms with Gasteiger partial charge in [0.15, 0.2) is 0 Å². The fourth-order valence-corrected chi connectivity index (χ4v) is 4.56. The maximum atomic E-state index is 14.2. The van der Waals surface area contributed by atoms with Crippen LogP contribution in [0.3, 0.4) is 0 Å². The number of halogens is 1. The van der Waals surface area contributed by atoms with Gasteiger partial charge >= 0.3 is 0 Å². The summed E-state index contributed by atoms with van der Waals surface area (Å²) in [6, 6.07) is 20.0. The van der Waals surface area contributed by atoms with Crippen LogP contribution < -0.4 is 4.90 Å². The van der Waals surface area contributed by atoms with Crippen LogP contribution in [0.25, 0.3) is 20.2 Å². The number of anilines is 2. The highest BCUT2D eigenvalue weighted by Crippen LogP contribution is 2.42. The summed E-state index contributed by atoms with van der Waals surface area (Å²) in [5.41, 5.74) is 3.63. The molecule has 0 unspecified atom stereocenters. The Kier molecular flexibility index (Phi) is 3.73. The molecule has 1 aromatic heterocycles. The number of benzene rings is 3. The van der Waals surface area contributed by atoms with Crippen LogP contribution >= 0.6 is 11.3 Å². The third-order valence-electron chi connectivity index (χ3n) is 4.55. The predicted octanol–water partition coefficient (Wildman–Crippen LogP) is 6.52. The summed E-state index contributed by atoms with van der Waals surface area (Å²) in [5.74, 6) is -0.142. The zero-order valence-electron chi connectivity index (χ0n) is 13.7. The van der Waals surface area contributed by atoms with Crippen LogP contribution in [0.4, 0.5) is 15.8 Å². The molecule has 3 aromatic carbocycles. The molecule has 1 heterocycles. The van der Waals surface area contributed by atoms with E-state index < -0.39 is 0 Å². The van der Waals surface area contributed by atoms with Gasteiger partial charge in [-0.2, -0.15) is 0 Å². The second kappa shape index (κ2) is 5.91. The standard InChI is InChI=1S/C21H18FNS/c1-3-14-8-4-5-12-18(14)23(2)19-13-7-10-16-15-9-6-11-17(22)20(15)24-21(16)19/h4-13H,3H2,1-2H3. The number of aryl methyl sites for hydroxylation is 1. The number of hydrogen-bond donors (Lipinski definition) is 0. The van der Waals surface area contributed by atoms with Crippen molar-refractivity contribution in [2.75, 3.05) is 11.9 Å². The van der Waals surface area contributed by atoms with Crippen LogP contribution in [0.1, 0.15) is 12.5 Å². The Morgan fingerprint density at radius 2 is 1.50 bits per heavy atom. The van der Waals surface area contributed by atoms with Gasteiger partial charge in [0.25, 0.3) is 0 Å². The van der Waals surface area contributed by atoms with Gasteiger partial charge in [-0.1, -0.05) is 49.4 Å². The molecule has 4 rings (SSSR count). The topological polar surface area (TPSA) is 3.24 Å². The maximum absolute atomic E-state index is 14.2. The average molecular weight is 335 g/mol. The van der Waals surface area contributed by atoms with Crippen LogP contribution in [0, 0.1) is 5.82 Å². The Morgan fingerprint density at radius 3 is 2.29 bits per heavy atom. The van der Waals surface area contributed by atoms with E-state index in [4.69, 9.17) is 0 Å². The molecule has 0 fully saturated rings. The number of thiophene rings is 1. The molecule has 0 saturated carbocycles. The van der Waals surface area contributed by atoms with E-state index >= 15 is 0 Å². The van der Waals surface area contributed by atoms with E-state index in [9.17, 15) is 4.39 Å². The lowest BCUT2D eigenvalue weighted by molar-refractivity contribution is 0.642. The fraction of sp³-hybridized carbons (Fsp3) is 0.143. The highest BCUT2D eigenvalue weighted by Gasteiger charge is 2.15. The average Bonchev–Trinajstić information content (AvgIpc) is 3.01. The molecule has 4 aromatic rings. The third kappa shape index (κ3) is 2.28. The molecule has 0 N–H and O–H groups in total. The lowest BCUT2D eigenvalue weighted by Gasteiger charge is -2.23. The third-order valence-corrected chi connectivity index (χ3v) is 5.80. The van der Waals surface area contributed by atoms with Gasteiger partial charge < -0.3 is 4.90 Å². The minimum atomic E-state index is -0.142. The monoisotopic (exact) mass is 335 g/mol. The minimum absolute atomic E-state index is 0.142. The van der Waals surface area contributed by atoms with Crippen molar-refractivity contribution in [2.24, 2.45) is 0 Å². The van der Waals surface area contributed by atoms with Crippen molar-refractivity contribution in [1.29, 1.82) is 0 Å². The quantitative estimate of drug-likeness (QED) is 0.412. The van der Waals surface area contributed by atoms with E-state index in [1.807, 2.05) is 6.07 Å². The zero-order chi connectivity index (χ0) is 16.7. The highest BCUT2D eigenvalue weighted by atomic mass is 32.1. The summed E-state index contributed by atoms with van der Waals surface area (Å²) < 4.78 is 16.1. The number of rotatable bonds is 3. The smallest absolute Gasteiger partial charge is 0.141 e. The number of nitrogens with zero attached hydrogens (tertiary/aromatic N) is 1. The van der Waals surface area contributed by atoms with Gasteiger partial charge in [0.1, 0.15) is 5.82 Å². The molecule has 24 heavy (non-hydrogen) atoms. The molecule has 0 amide bonds. The van der Waals surface area contributed by atoms with Crippen LogP contribution in [0.15, 0.2) is 60.7 Å². The molecular weight excluding hydrogens is 317 g/mol. The van der Waals surface area contributed by atoms with E-state index in [2.05, 4.69) is 61.3 Å². The van der Waals surface area contributed by atoms with Crippen LogP contribution in [-0.4, -0.2) is 7.05 Å². The van der Waals surface area contributed by atoms with Crippen molar-refractivity contribution in [2.45, 2.75) is 13.3 Å². The van der Waals surface area contributed by atoms with E-state index in [0.29, 0.717) is 0 Å². The zero-order valence-corrected chi connectivity index (χ0v) is 14.5. The number of hydrogen-bond acceptors (Lipinski definition) is 2. The van der Waals surface area contributed by atoms with E-state index in [1.54, 1.807) is 6.07 Å². The molecule has 0 spiro atoms. The molecule has 120 valence electrons. The lowest BCUT2D eigenvalue weighted by Crippen LogP contribution is -2.11. The maximum Gasteiger partial charge on any atom is 0.141 e. The van der Waals surface area contributed by atoms with Gasteiger partial charge in [-0.05, 0) is 30.2 Å². The number of fused-ring (bicyclic) bond motifs is 3. The van der Waals surface area contributed by atoms with Gasteiger partial charge in [-0.15, -0.1) is 11.3 Å². The Balaban J connectivity index is 1.97. The van der Waals surface area contributed by atoms with Crippen molar-refractivity contribution in [3.63, 3.8) is 0 Å². The molecule has 0 aliphatic heterocycles. The van der Waals surface area contributed by atoms with Gasteiger partial charge in [0.2, 0.25) is 0 Å². The highest BCUT2D eigenvalue weighted by molar-refractivity contribution is 7.26. The first kappa shape index (κ1) is 15.2. The molecule has 0 bridgehead atoms. The normalized spacial score (nSPS) is 11.3. The second-order valence-electron chi connectivity index (χ2n) is 5.91. The fourth-order valence-electron chi connectivity index (χ4n) is 3.30. The van der Waals surface area contributed by atoms with Crippen LogP contribution in [-0.2, 0) is 6.42 Å². The van der Waals surface area contributed by atoms with Crippen molar-refractivity contribution in [1.82, 2.24) is 0 Å². The van der Waals surface area contributed by atoms with Crippen molar-refractivity contribution >= 4 is 42.9 Å². The van der Waals surface area contributed by atoms with Gasteiger partial charge in [0, 0.05) is 23.5 Å². The van der Waals surface area contributed by atoms with E-state index in [0.717, 1.165) is 32.3 Å². The minimum Gasteiger partial charge on any atom is -0.343 e. The Morgan fingerprint density at radius 1 is 0.833 bits per heavy atom. The summed E-state index contributed by atoms with van der Waals surface area (Å²) in [7, 11) is 2.09. The molecular formula is C21H18FNS. The summed E-state index contributed by atoms with van der Waals surface area (Å²) in [6.07, 6.45) is 0.984. The number of para-hydroxylation sites is 1. The molecule has 0 saturated heterocycles. The Bertz CT molecular complexity index is 1030. The van der Waals surface area contributed by atoms with Crippen LogP contribution in [0.5, 0.6) is 0 Å². The largest absolute Gasteiger partial charge is 0.343 e.